The summed E-state index contributed by atoms with van der Waals surface area (Å²) in [4.78, 5) is 0. The zero-order valence-corrected chi connectivity index (χ0v) is 11.9. The van der Waals surface area contributed by atoms with Crippen molar-refractivity contribution >= 4 is 29.6 Å². The van der Waals surface area contributed by atoms with Crippen molar-refractivity contribution in [2.45, 2.75) is 18.8 Å². The van der Waals surface area contributed by atoms with Crippen LogP contribution in [0.2, 0.25) is 0 Å². The SMILES string of the molecule is Fc1ccc(C2CCNCC2)cc1.O=S(=O)(Cl)Cl. The average molecular weight is 314 g/mol. The van der Waals surface area contributed by atoms with Crippen LogP contribution in [0.4, 0.5) is 4.39 Å². The van der Waals surface area contributed by atoms with Gasteiger partial charge in [-0.05, 0) is 49.5 Å². The van der Waals surface area contributed by atoms with Crippen LogP contribution < -0.4 is 5.32 Å². The topological polar surface area (TPSA) is 46.2 Å². The number of halogens is 3. The van der Waals surface area contributed by atoms with Crippen LogP contribution >= 0.6 is 21.4 Å². The summed E-state index contributed by atoms with van der Waals surface area (Å²) < 4.78 is 31.0. The Labute approximate surface area is 115 Å². The Bertz CT molecular complexity index is 450. The fraction of sp³-hybridized carbons (Fsp3) is 0.455. The van der Waals surface area contributed by atoms with Gasteiger partial charge < -0.3 is 5.32 Å². The predicted octanol–water partition coefficient (Wildman–Crippen LogP) is 3.00. The van der Waals surface area contributed by atoms with Crippen molar-refractivity contribution in [3.05, 3.63) is 35.6 Å². The minimum Gasteiger partial charge on any atom is -0.317 e. The quantitative estimate of drug-likeness (QED) is 0.811. The number of benzene rings is 1. The van der Waals surface area contributed by atoms with Gasteiger partial charge in [-0.25, -0.2) is 4.39 Å². The van der Waals surface area contributed by atoms with Crippen LogP contribution in [0.5, 0.6) is 0 Å². The van der Waals surface area contributed by atoms with E-state index in [1.807, 2.05) is 12.1 Å². The Morgan fingerprint density at radius 2 is 1.56 bits per heavy atom. The molecule has 1 aliphatic rings. The molecule has 1 N–H and O–H groups in total. The van der Waals surface area contributed by atoms with Gasteiger partial charge in [-0.1, -0.05) is 12.1 Å². The zero-order valence-electron chi connectivity index (χ0n) is 9.57. The van der Waals surface area contributed by atoms with Crippen LogP contribution in [0.15, 0.2) is 24.3 Å². The van der Waals surface area contributed by atoms with Crippen LogP contribution in [0.25, 0.3) is 0 Å². The van der Waals surface area contributed by atoms with E-state index >= 15 is 0 Å². The van der Waals surface area contributed by atoms with Crippen molar-refractivity contribution in [2.75, 3.05) is 13.1 Å². The first-order chi connectivity index (χ1) is 8.36. The third-order valence-corrected chi connectivity index (χ3v) is 2.68. The van der Waals surface area contributed by atoms with Crippen molar-refractivity contribution in [1.29, 1.82) is 0 Å². The number of hydrogen-bond donors (Lipinski definition) is 1. The molecule has 2 rings (SSSR count). The van der Waals surface area contributed by atoms with Gasteiger partial charge >= 0.3 is 8.26 Å². The van der Waals surface area contributed by atoms with Gasteiger partial charge in [0.2, 0.25) is 0 Å². The summed E-state index contributed by atoms with van der Waals surface area (Å²) in [5, 5.41) is 3.32. The number of nitrogens with one attached hydrogen (secondary N) is 1. The largest absolute Gasteiger partial charge is 0.317 e. The van der Waals surface area contributed by atoms with Gasteiger partial charge in [0, 0.05) is 21.4 Å². The summed E-state index contributed by atoms with van der Waals surface area (Å²) in [5.41, 5.74) is 1.28. The van der Waals surface area contributed by atoms with E-state index in [2.05, 4.69) is 26.7 Å². The van der Waals surface area contributed by atoms with Crippen molar-refractivity contribution in [1.82, 2.24) is 5.32 Å². The minimum atomic E-state index is -3.72. The summed E-state index contributed by atoms with van der Waals surface area (Å²) in [6.07, 6.45) is 2.34. The normalized spacial score (nSPS) is 16.8. The van der Waals surface area contributed by atoms with Crippen LogP contribution in [-0.4, -0.2) is 21.5 Å². The molecule has 1 fully saturated rings. The van der Waals surface area contributed by atoms with E-state index < -0.39 is 8.26 Å². The van der Waals surface area contributed by atoms with Gasteiger partial charge in [0.15, 0.2) is 0 Å². The van der Waals surface area contributed by atoms with E-state index in [0.29, 0.717) is 5.92 Å². The lowest BCUT2D eigenvalue weighted by Crippen LogP contribution is -2.26. The number of piperidine rings is 1. The van der Waals surface area contributed by atoms with Crippen molar-refractivity contribution in [3.63, 3.8) is 0 Å². The van der Waals surface area contributed by atoms with Gasteiger partial charge in [-0.2, -0.15) is 8.42 Å². The Morgan fingerprint density at radius 3 is 2.00 bits per heavy atom. The van der Waals surface area contributed by atoms with Crippen molar-refractivity contribution < 1.29 is 12.8 Å². The zero-order chi connectivity index (χ0) is 13.6. The highest BCUT2D eigenvalue weighted by Gasteiger charge is 2.14. The molecule has 0 radical (unpaired) electrons. The fourth-order valence-electron chi connectivity index (χ4n) is 1.89. The molecular formula is C11H14Cl2FNO2S. The molecule has 1 saturated heterocycles. The van der Waals surface area contributed by atoms with Gasteiger partial charge in [0.05, 0.1) is 0 Å². The number of rotatable bonds is 1. The van der Waals surface area contributed by atoms with Crippen LogP contribution in [-0.2, 0) is 8.26 Å². The molecule has 7 heteroatoms. The summed E-state index contributed by atoms with van der Waals surface area (Å²) in [7, 11) is 4.81. The highest BCUT2D eigenvalue weighted by Crippen LogP contribution is 2.24. The fourth-order valence-corrected chi connectivity index (χ4v) is 1.89. The standard InChI is InChI=1S/C11H14FN.Cl2O2S/c12-11-3-1-9(2-4-11)10-5-7-13-8-6-10;1-5(2,3)4/h1-4,10,13H,5-8H2;. The lowest BCUT2D eigenvalue weighted by atomic mass is 9.90. The van der Waals surface area contributed by atoms with Crippen molar-refractivity contribution in [3.8, 4) is 0 Å². The summed E-state index contributed by atoms with van der Waals surface area (Å²) in [6, 6.07) is 6.92. The summed E-state index contributed by atoms with van der Waals surface area (Å²) >= 11 is 0. The Kier molecular flexibility index (Phi) is 6.35. The maximum atomic E-state index is 12.6. The predicted molar refractivity (Wildman–Crippen MR) is 71.9 cm³/mol. The molecule has 18 heavy (non-hydrogen) atoms. The van der Waals surface area contributed by atoms with E-state index in [-0.39, 0.29) is 5.82 Å². The molecule has 0 atom stereocenters. The second kappa shape index (κ2) is 7.28. The van der Waals surface area contributed by atoms with Gasteiger partial charge in [-0.3, -0.25) is 0 Å². The second-order valence-corrected chi connectivity index (χ2v) is 7.62. The minimum absolute atomic E-state index is 0.141. The van der Waals surface area contributed by atoms with Crippen LogP contribution in [0.3, 0.4) is 0 Å². The molecule has 0 unspecified atom stereocenters. The molecule has 3 nitrogen and oxygen atoms in total. The van der Waals surface area contributed by atoms with Gasteiger partial charge in [-0.15, -0.1) is 0 Å². The molecular weight excluding hydrogens is 300 g/mol. The number of hydrogen-bond acceptors (Lipinski definition) is 3. The van der Waals surface area contributed by atoms with E-state index in [9.17, 15) is 4.39 Å². The first-order valence-electron chi connectivity index (χ1n) is 5.46. The monoisotopic (exact) mass is 313 g/mol. The van der Waals surface area contributed by atoms with E-state index in [4.69, 9.17) is 8.42 Å². The maximum Gasteiger partial charge on any atom is 0.317 e. The highest BCUT2D eigenvalue weighted by atomic mass is 36.0. The first kappa shape index (κ1) is 15.7. The molecule has 0 spiro atoms. The molecule has 0 aliphatic carbocycles. The molecule has 102 valence electrons. The molecule has 1 aromatic rings. The molecule has 0 aromatic heterocycles. The van der Waals surface area contributed by atoms with E-state index in [1.165, 1.54) is 18.4 Å². The summed E-state index contributed by atoms with van der Waals surface area (Å²) in [5.74, 6) is 0.486. The van der Waals surface area contributed by atoms with Crippen LogP contribution in [0.1, 0.15) is 24.3 Å². The molecule has 1 aliphatic heterocycles. The van der Waals surface area contributed by atoms with Gasteiger partial charge in [0.1, 0.15) is 5.82 Å². The summed E-state index contributed by atoms with van der Waals surface area (Å²) in [6.45, 7) is 2.17. The highest BCUT2D eigenvalue weighted by molar-refractivity contribution is 8.31. The smallest absolute Gasteiger partial charge is 0.317 e. The first-order valence-corrected chi connectivity index (χ1v) is 8.60. The van der Waals surface area contributed by atoms with E-state index in [0.717, 1.165) is 13.1 Å². The van der Waals surface area contributed by atoms with Gasteiger partial charge in [0.25, 0.3) is 0 Å². The third kappa shape index (κ3) is 7.16. The average Bonchev–Trinajstić information content (AvgIpc) is 2.29. The van der Waals surface area contributed by atoms with E-state index in [1.54, 1.807) is 12.1 Å². The lowest BCUT2D eigenvalue weighted by Gasteiger charge is -2.22. The van der Waals surface area contributed by atoms with Crippen LogP contribution in [0, 0.1) is 5.82 Å². The lowest BCUT2D eigenvalue weighted by molar-refractivity contribution is 0.460. The third-order valence-electron chi connectivity index (χ3n) is 2.68. The molecule has 0 amide bonds. The Balaban J connectivity index is 0.000000280. The molecule has 0 bridgehead atoms. The second-order valence-electron chi connectivity index (χ2n) is 3.95. The maximum absolute atomic E-state index is 12.6. The molecule has 1 heterocycles. The Hall–Kier alpha value is -0.360. The van der Waals surface area contributed by atoms with Crippen molar-refractivity contribution in [2.24, 2.45) is 0 Å². The molecule has 0 saturated carbocycles. The Morgan fingerprint density at radius 1 is 1.11 bits per heavy atom. The molecule has 1 aromatic carbocycles.